The fourth-order valence-electron chi connectivity index (χ4n) is 6.12. The Balaban J connectivity index is 1.35. The number of hydrogen-bond acceptors (Lipinski definition) is 3. The molecule has 1 heterocycles. The van der Waals surface area contributed by atoms with Crippen molar-refractivity contribution >= 4 is 5.91 Å². The van der Waals surface area contributed by atoms with Gasteiger partial charge in [0.05, 0.1) is 5.69 Å². The third-order valence-electron chi connectivity index (χ3n) is 6.59. The predicted molar refractivity (Wildman–Crippen MR) is 101 cm³/mol. The zero-order chi connectivity index (χ0) is 17.8. The van der Waals surface area contributed by atoms with Crippen molar-refractivity contribution < 1.29 is 4.79 Å². The molecule has 6 rings (SSSR count). The molecule has 0 radical (unpaired) electrons. The van der Waals surface area contributed by atoms with E-state index in [1.54, 1.807) is 6.20 Å². The highest BCUT2D eigenvalue weighted by molar-refractivity contribution is 5.95. The van der Waals surface area contributed by atoms with Gasteiger partial charge in [0.15, 0.2) is 0 Å². The average Bonchev–Trinajstić information content (AvgIpc) is 2.60. The Morgan fingerprint density at radius 1 is 1.04 bits per heavy atom. The number of aromatic nitrogens is 1. The second kappa shape index (κ2) is 5.65. The van der Waals surface area contributed by atoms with Gasteiger partial charge in [0.25, 0.3) is 5.91 Å². The standard InChI is InChI=1S/C22H25N3O/c23-21-10-15-9-16(11-21)13-22(12-15,14-21)25-20(26)18-6-4-17(5-7-18)19-3-1-2-8-24-19/h1-8,15-16H,9-14,23H2,(H,25,26)/t15-,16+,21?,22?. The van der Waals surface area contributed by atoms with E-state index in [4.69, 9.17) is 5.73 Å². The average molecular weight is 347 g/mol. The molecule has 0 spiro atoms. The first-order chi connectivity index (χ1) is 12.5. The van der Waals surface area contributed by atoms with Gasteiger partial charge in [-0.2, -0.15) is 0 Å². The molecule has 26 heavy (non-hydrogen) atoms. The highest BCUT2D eigenvalue weighted by Crippen LogP contribution is 2.56. The molecule has 0 saturated heterocycles. The first kappa shape index (κ1) is 16.0. The van der Waals surface area contributed by atoms with Crippen LogP contribution in [0.4, 0.5) is 0 Å². The predicted octanol–water partition coefficient (Wildman–Crippen LogP) is 3.53. The van der Waals surface area contributed by atoms with Gasteiger partial charge in [-0.1, -0.05) is 18.2 Å². The maximum Gasteiger partial charge on any atom is 0.251 e. The summed E-state index contributed by atoms with van der Waals surface area (Å²) in [5.74, 6) is 1.41. The van der Waals surface area contributed by atoms with Gasteiger partial charge >= 0.3 is 0 Å². The molecule has 1 aromatic heterocycles. The first-order valence-electron chi connectivity index (χ1n) is 9.66. The molecule has 4 heteroatoms. The van der Waals surface area contributed by atoms with Crippen LogP contribution in [-0.4, -0.2) is 22.0 Å². The van der Waals surface area contributed by atoms with Crippen LogP contribution in [0.3, 0.4) is 0 Å². The van der Waals surface area contributed by atoms with E-state index >= 15 is 0 Å². The topological polar surface area (TPSA) is 68.0 Å². The molecular weight excluding hydrogens is 322 g/mol. The molecule has 4 saturated carbocycles. The van der Waals surface area contributed by atoms with E-state index in [9.17, 15) is 4.79 Å². The number of nitrogens with one attached hydrogen (secondary N) is 1. The molecule has 2 aromatic rings. The summed E-state index contributed by atoms with van der Waals surface area (Å²) in [6.07, 6.45) is 8.49. The number of benzene rings is 1. The van der Waals surface area contributed by atoms with E-state index < -0.39 is 0 Å². The molecule has 4 fully saturated rings. The number of carbonyl (C=O) groups is 1. The number of nitrogens with zero attached hydrogens (tertiary/aromatic N) is 1. The van der Waals surface area contributed by atoms with Crippen molar-refractivity contribution in [3.63, 3.8) is 0 Å². The zero-order valence-corrected chi connectivity index (χ0v) is 14.9. The summed E-state index contributed by atoms with van der Waals surface area (Å²) < 4.78 is 0. The molecule has 4 nitrogen and oxygen atoms in total. The second-order valence-corrected chi connectivity index (χ2v) is 8.85. The minimum Gasteiger partial charge on any atom is -0.347 e. The lowest BCUT2D eigenvalue weighted by atomic mass is 9.50. The van der Waals surface area contributed by atoms with E-state index in [1.165, 1.54) is 6.42 Å². The van der Waals surface area contributed by atoms with Crippen molar-refractivity contribution in [2.24, 2.45) is 17.6 Å². The number of amides is 1. The number of nitrogens with two attached hydrogens (primary N) is 1. The SMILES string of the molecule is NC12C[C@H]3C[C@@H](C1)CC(NC(=O)c1ccc(-c4ccccn4)cc1)(C3)C2. The minimum absolute atomic E-state index is 0.0307. The quantitative estimate of drug-likeness (QED) is 0.892. The van der Waals surface area contributed by atoms with Crippen LogP contribution in [0.5, 0.6) is 0 Å². The van der Waals surface area contributed by atoms with Gasteiger partial charge in [-0.05, 0) is 74.6 Å². The normalized spacial score (nSPS) is 34.7. The molecule has 134 valence electrons. The largest absolute Gasteiger partial charge is 0.347 e. The van der Waals surface area contributed by atoms with Crippen molar-refractivity contribution in [2.75, 3.05) is 0 Å². The van der Waals surface area contributed by atoms with Gasteiger partial charge in [-0.3, -0.25) is 9.78 Å². The third-order valence-corrected chi connectivity index (χ3v) is 6.59. The van der Waals surface area contributed by atoms with Crippen molar-refractivity contribution in [1.82, 2.24) is 10.3 Å². The lowest BCUT2D eigenvalue weighted by molar-refractivity contribution is -0.0320. The van der Waals surface area contributed by atoms with Crippen LogP contribution < -0.4 is 11.1 Å². The van der Waals surface area contributed by atoms with Gasteiger partial charge in [-0.25, -0.2) is 0 Å². The highest BCUT2D eigenvalue weighted by atomic mass is 16.1. The van der Waals surface area contributed by atoms with Crippen molar-refractivity contribution in [2.45, 2.75) is 49.6 Å². The molecule has 3 N–H and O–H groups in total. The Morgan fingerprint density at radius 2 is 1.77 bits per heavy atom. The summed E-state index contributed by atoms with van der Waals surface area (Å²) in [5.41, 5.74) is 9.17. The maximum absolute atomic E-state index is 12.9. The van der Waals surface area contributed by atoms with Crippen LogP contribution in [-0.2, 0) is 0 Å². The Hall–Kier alpha value is -2.20. The van der Waals surface area contributed by atoms with Crippen molar-refractivity contribution in [3.8, 4) is 11.3 Å². The number of carbonyl (C=O) groups excluding carboxylic acids is 1. The Labute approximate surface area is 154 Å². The molecule has 1 amide bonds. The Kier molecular flexibility index (Phi) is 3.48. The van der Waals surface area contributed by atoms with E-state index in [2.05, 4.69) is 10.3 Å². The molecule has 0 aliphatic heterocycles. The van der Waals surface area contributed by atoms with Crippen LogP contribution in [0.25, 0.3) is 11.3 Å². The summed E-state index contributed by atoms with van der Waals surface area (Å²) in [6, 6.07) is 13.6. The lowest BCUT2D eigenvalue weighted by Crippen LogP contribution is -2.68. The maximum atomic E-state index is 12.9. The Bertz CT molecular complexity index is 816. The zero-order valence-electron chi connectivity index (χ0n) is 14.9. The number of hydrogen-bond donors (Lipinski definition) is 2. The molecule has 1 aromatic carbocycles. The third kappa shape index (κ3) is 2.73. The van der Waals surface area contributed by atoms with Gasteiger partial charge in [-0.15, -0.1) is 0 Å². The summed E-state index contributed by atoms with van der Waals surface area (Å²) >= 11 is 0. The number of rotatable bonds is 3. The summed E-state index contributed by atoms with van der Waals surface area (Å²) in [7, 11) is 0. The van der Waals surface area contributed by atoms with E-state index in [-0.39, 0.29) is 17.0 Å². The van der Waals surface area contributed by atoms with E-state index in [0.717, 1.165) is 43.4 Å². The van der Waals surface area contributed by atoms with E-state index in [0.29, 0.717) is 17.4 Å². The van der Waals surface area contributed by atoms with Crippen LogP contribution in [0, 0.1) is 11.8 Å². The van der Waals surface area contributed by atoms with Crippen LogP contribution >= 0.6 is 0 Å². The molecule has 2 unspecified atom stereocenters. The van der Waals surface area contributed by atoms with Gasteiger partial charge in [0.2, 0.25) is 0 Å². The smallest absolute Gasteiger partial charge is 0.251 e. The summed E-state index contributed by atoms with van der Waals surface area (Å²) in [4.78, 5) is 17.3. The number of pyridine rings is 1. The van der Waals surface area contributed by atoms with Crippen LogP contribution in [0.2, 0.25) is 0 Å². The molecular formula is C22H25N3O. The fourth-order valence-corrected chi connectivity index (χ4v) is 6.12. The van der Waals surface area contributed by atoms with Crippen molar-refractivity contribution in [1.29, 1.82) is 0 Å². The Morgan fingerprint density at radius 3 is 2.38 bits per heavy atom. The molecule has 4 aliphatic carbocycles. The van der Waals surface area contributed by atoms with Gasteiger partial charge in [0, 0.05) is 28.4 Å². The van der Waals surface area contributed by atoms with Gasteiger partial charge < -0.3 is 11.1 Å². The minimum atomic E-state index is -0.0877. The highest BCUT2D eigenvalue weighted by Gasteiger charge is 2.56. The molecule has 4 atom stereocenters. The van der Waals surface area contributed by atoms with Crippen molar-refractivity contribution in [3.05, 3.63) is 54.2 Å². The summed E-state index contributed by atoms with van der Waals surface area (Å²) in [6.45, 7) is 0. The molecule has 4 bridgehead atoms. The molecule has 4 aliphatic rings. The lowest BCUT2D eigenvalue weighted by Gasteiger charge is -2.61. The monoisotopic (exact) mass is 347 g/mol. The van der Waals surface area contributed by atoms with Gasteiger partial charge in [0.1, 0.15) is 0 Å². The van der Waals surface area contributed by atoms with E-state index in [1.807, 2.05) is 42.5 Å². The fraction of sp³-hybridized carbons (Fsp3) is 0.455. The van der Waals surface area contributed by atoms with Crippen LogP contribution in [0.15, 0.2) is 48.7 Å². The van der Waals surface area contributed by atoms with Crippen LogP contribution in [0.1, 0.15) is 48.9 Å². The summed E-state index contributed by atoms with van der Waals surface area (Å²) in [5, 5.41) is 3.39. The second-order valence-electron chi connectivity index (χ2n) is 8.85. The first-order valence-corrected chi connectivity index (χ1v) is 9.66.